The van der Waals surface area contributed by atoms with E-state index in [2.05, 4.69) is 25.0 Å². The van der Waals surface area contributed by atoms with Crippen molar-refractivity contribution in [3.63, 3.8) is 0 Å². The van der Waals surface area contributed by atoms with E-state index < -0.39 is 0 Å². The van der Waals surface area contributed by atoms with Crippen LogP contribution >= 0.6 is 23.4 Å². The summed E-state index contributed by atoms with van der Waals surface area (Å²) in [7, 11) is 0. The number of halogens is 1. The molecule has 150 valence electrons. The third-order valence-corrected chi connectivity index (χ3v) is 6.12. The van der Waals surface area contributed by atoms with Gasteiger partial charge in [0, 0.05) is 19.1 Å². The summed E-state index contributed by atoms with van der Waals surface area (Å²) in [6.45, 7) is 6.98. The highest BCUT2D eigenvalue weighted by Gasteiger charge is 2.32. The van der Waals surface area contributed by atoms with E-state index in [0.717, 1.165) is 48.2 Å². The molecule has 1 aliphatic carbocycles. The number of aromatic nitrogens is 3. The minimum absolute atomic E-state index is 0.0999. The van der Waals surface area contributed by atoms with Crippen LogP contribution < -0.4 is 10.2 Å². The number of anilines is 2. The Balaban J connectivity index is 1.43. The predicted octanol–water partition coefficient (Wildman–Crippen LogP) is 3.45. The van der Waals surface area contributed by atoms with Gasteiger partial charge >= 0.3 is 0 Å². The lowest BCUT2D eigenvalue weighted by molar-refractivity contribution is -0.113. The summed E-state index contributed by atoms with van der Waals surface area (Å²) < 4.78 is 7.63. The number of carbonyl (C=O) groups excluding carboxylic acids is 1. The van der Waals surface area contributed by atoms with Crippen LogP contribution in [0.15, 0.2) is 17.3 Å². The fourth-order valence-electron chi connectivity index (χ4n) is 3.38. The van der Waals surface area contributed by atoms with Gasteiger partial charge in [-0.25, -0.2) is 0 Å². The van der Waals surface area contributed by atoms with Gasteiger partial charge in [-0.05, 0) is 43.9 Å². The Bertz CT molecular complexity index is 854. The Hall–Kier alpha value is -1.77. The van der Waals surface area contributed by atoms with E-state index in [4.69, 9.17) is 16.3 Å². The molecule has 0 unspecified atom stereocenters. The molecule has 1 aliphatic heterocycles. The van der Waals surface area contributed by atoms with Crippen LogP contribution in [0.2, 0.25) is 5.02 Å². The minimum atomic E-state index is -0.0999. The van der Waals surface area contributed by atoms with E-state index >= 15 is 0 Å². The highest BCUT2D eigenvalue weighted by molar-refractivity contribution is 7.99. The first-order valence-corrected chi connectivity index (χ1v) is 10.9. The fourth-order valence-corrected chi connectivity index (χ4v) is 4.55. The molecule has 2 fully saturated rings. The topological polar surface area (TPSA) is 72.3 Å². The van der Waals surface area contributed by atoms with Gasteiger partial charge < -0.3 is 15.0 Å². The van der Waals surface area contributed by atoms with E-state index in [9.17, 15) is 4.79 Å². The zero-order valence-corrected chi connectivity index (χ0v) is 17.6. The van der Waals surface area contributed by atoms with E-state index in [1.54, 1.807) is 0 Å². The van der Waals surface area contributed by atoms with Crippen LogP contribution in [0, 0.1) is 13.8 Å². The van der Waals surface area contributed by atoms with Gasteiger partial charge in [-0.15, -0.1) is 10.2 Å². The monoisotopic (exact) mass is 421 g/mol. The maximum atomic E-state index is 12.5. The molecule has 2 heterocycles. The zero-order chi connectivity index (χ0) is 19.7. The molecule has 1 saturated heterocycles. The second-order valence-electron chi connectivity index (χ2n) is 7.26. The van der Waals surface area contributed by atoms with Crippen molar-refractivity contribution in [3.8, 4) is 0 Å². The van der Waals surface area contributed by atoms with E-state index in [1.165, 1.54) is 11.8 Å². The average molecular weight is 422 g/mol. The lowest BCUT2D eigenvalue weighted by atomic mass is 10.1. The number of amides is 1. The number of nitrogens with one attached hydrogen (secondary N) is 1. The van der Waals surface area contributed by atoms with E-state index in [0.29, 0.717) is 30.0 Å². The van der Waals surface area contributed by atoms with Gasteiger partial charge in [0.1, 0.15) is 0 Å². The molecule has 7 nitrogen and oxygen atoms in total. The van der Waals surface area contributed by atoms with Crippen LogP contribution in [0.25, 0.3) is 0 Å². The summed E-state index contributed by atoms with van der Waals surface area (Å²) in [5, 5.41) is 13.1. The number of morpholine rings is 1. The summed E-state index contributed by atoms with van der Waals surface area (Å²) in [4.78, 5) is 14.7. The predicted molar refractivity (Wildman–Crippen MR) is 112 cm³/mol. The number of benzene rings is 1. The number of hydrogen-bond donors (Lipinski definition) is 1. The lowest BCUT2D eigenvalue weighted by Crippen LogP contribution is -2.38. The summed E-state index contributed by atoms with van der Waals surface area (Å²) in [6, 6.07) is 4.30. The molecule has 0 spiro atoms. The molecule has 2 aliphatic rings. The minimum Gasteiger partial charge on any atom is -0.378 e. The van der Waals surface area contributed by atoms with Crippen molar-refractivity contribution in [3.05, 3.63) is 28.3 Å². The largest absolute Gasteiger partial charge is 0.378 e. The van der Waals surface area contributed by atoms with Crippen LogP contribution in [0.3, 0.4) is 0 Å². The number of nitrogens with zero attached hydrogens (tertiary/aromatic N) is 4. The van der Waals surface area contributed by atoms with Crippen molar-refractivity contribution < 1.29 is 9.53 Å². The Kier molecular flexibility index (Phi) is 5.80. The maximum absolute atomic E-state index is 12.5. The number of rotatable bonds is 6. The highest BCUT2D eigenvalue weighted by atomic mass is 35.5. The Morgan fingerprint density at radius 2 is 2.04 bits per heavy atom. The third-order valence-electron chi connectivity index (χ3n) is 4.88. The molecule has 0 bridgehead atoms. The molecule has 4 rings (SSSR count). The molecule has 2 aromatic rings. The van der Waals surface area contributed by atoms with Gasteiger partial charge in [0.2, 0.25) is 11.9 Å². The van der Waals surface area contributed by atoms with Crippen molar-refractivity contribution in [1.29, 1.82) is 0 Å². The van der Waals surface area contributed by atoms with Crippen LogP contribution in [-0.4, -0.2) is 52.7 Å². The summed E-state index contributed by atoms with van der Waals surface area (Å²) in [6.07, 6.45) is 2.26. The highest BCUT2D eigenvalue weighted by Crippen LogP contribution is 2.41. The molecule has 1 amide bonds. The first-order chi connectivity index (χ1) is 13.5. The maximum Gasteiger partial charge on any atom is 0.234 e. The standard InChI is InChI=1S/C19H24ClN5O2S/c1-12-9-13(2)17(15(20)10-12)21-16(26)11-28-19-23-22-18(25(19)14-3-4-14)24-5-7-27-8-6-24/h9-10,14H,3-8,11H2,1-2H3,(H,21,26). The number of hydrogen-bond acceptors (Lipinski definition) is 6. The van der Waals surface area contributed by atoms with Gasteiger partial charge in [-0.1, -0.05) is 29.4 Å². The van der Waals surface area contributed by atoms with E-state index in [1.807, 2.05) is 26.0 Å². The van der Waals surface area contributed by atoms with Crippen LogP contribution in [0.4, 0.5) is 11.6 Å². The molecule has 9 heteroatoms. The number of aryl methyl sites for hydroxylation is 2. The smallest absolute Gasteiger partial charge is 0.234 e. The van der Waals surface area contributed by atoms with Crippen molar-refractivity contribution in [2.75, 3.05) is 42.3 Å². The number of thioether (sulfide) groups is 1. The second kappa shape index (κ2) is 8.31. The molecule has 0 atom stereocenters. The first-order valence-electron chi connectivity index (χ1n) is 9.50. The Labute approximate surface area is 173 Å². The second-order valence-corrected chi connectivity index (χ2v) is 8.61. The Morgan fingerprint density at radius 3 is 2.71 bits per heavy atom. The molecule has 28 heavy (non-hydrogen) atoms. The molecule has 1 aromatic carbocycles. The summed E-state index contributed by atoms with van der Waals surface area (Å²) >= 11 is 7.72. The van der Waals surface area contributed by atoms with Crippen molar-refractivity contribution in [2.24, 2.45) is 0 Å². The van der Waals surface area contributed by atoms with Gasteiger partial charge in [0.15, 0.2) is 5.16 Å². The fraction of sp³-hybridized carbons (Fsp3) is 0.526. The van der Waals surface area contributed by atoms with Crippen molar-refractivity contribution >= 4 is 40.9 Å². The van der Waals surface area contributed by atoms with Gasteiger partial charge in [0.05, 0.1) is 29.7 Å². The summed E-state index contributed by atoms with van der Waals surface area (Å²) in [5.74, 6) is 1.06. The normalized spacial score (nSPS) is 17.0. The SMILES string of the molecule is Cc1cc(C)c(NC(=O)CSc2nnc(N3CCOCC3)n2C2CC2)c(Cl)c1. The van der Waals surface area contributed by atoms with Gasteiger partial charge in [-0.2, -0.15) is 0 Å². The average Bonchev–Trinajstić information content (AvgIpc) is 3.42. The van der Waals surface area contributed by atoms with E-state index in [-0.39, 0.29) is 11.7 Å². The molecule has 0 radical (unpaired) electrons. The number of ether oxygens (including phenoxy) is 1. The first kappa shape index (κ1) is 19.5. The molecular formula is C19H24ClN5O2S. The van der Waals surface area contributed by atoms with Crippen LogP contribution in [0.5, 0.6) is 0 Å². The van der Waals surface area contributed by atoms with Crippen molar-refractivity contribution in [1.82, 2.24) is 14.8 Å². The van der Waals surface area contributed by atoms with Gasteiger partial charge in [0.25, 0.3) is 0 Å². The molecule has 1 aromatic heterocycles. The third kappa shape index (κ3) is 4.29. The zero-order valence-electron chi connectivity index (χ0n) is 16.1. The van der Waals surface area contributed by atoms with Crippen molar-refractivity contribution in [2.45, 2.75) is 37.9 Å². The molecule has 1 saturated carbocycles. The number of carbonyl (C=O) groups is 1. The van der Waals surface area contributed by atoms with Crippen LogP contribution in [-0.2, 0) is 9.53 Å². The van der Waals surface area contributed by atoms with Gasteiger partial charge in [-0.3, -0.25) is 9.36 Å². The van der Waals surface area contributed by atoms with Crippen LogP contribution in [0.1, 0.15) is 30.0 Å². The molecule has 1 N–H and O–H groups in total. The Morgan fingerprint density at radius 1 is 1.29 bits per heavy atom. The molecular weight excluding hydrogens is 398 g/mol. The summed E-state index contributed by atoms with van der Waals surface area (Å²) in [5.41, 5.74) is 2.71. The lowest BCUT2D eigenvalue weighted by Gasteiger charge is -2.27. The quantitative estimate of drug-likeness (QED) is 0.720.